The zero-order valence-electron chi connectivity index (χ0n) is 10.2. The second-order valence-electron chi connectivity index (χ2n) is 4.46. The molecule has 1 unspecified atom stereocenters. The summed E-state index contributed by atoms with van der Waals surface area (Å²) < 4.78 is 4.94. The van der Waals surface area contributed by atoms with Crippen molar-refractivity contribution in [3.63, 3.8) is 0 Å². The molecule has 1 rings (SSSR count). The van der Waals surface area contributed by atoms with Crippen molar-refractivity contribution < 1.29 is 14.6 Å². The molecule has 0 amide bonds. The maximum atomic E-state index is 11.4. The Balaban J connectivity index is 2.60. The first-order valence-corrected chi connectivity index (χ1v) is 5.76. The fraction of sp³-hybridized carbons (Fsp3) is 0.909. The Labute approximate surface area is 96.8 Å². The van der Waals surface area contributed by atoms with Gasteiger partial charge in [-0.15, -0.1) is 0 Å². The fourth-order valence-electron chi connectivity index (χ4n) is 2.13. The number of hydrogen-bond acceptors (Lipinski definition) is 4. The van der Waals surface area contributed by atoms with Crippen LogP contribution in [0.3, 0.4) is 0 Å². The number of carboxylic acid groups (broad SMARTS) is 1. The Morgan fingerprint density at radius 3 is 2.88 bits per heavy atom. The van der Waals surface area contributed by atoms with Gasteiger partial charge in [0.25, 0.3) is 0 Å². The van der Waals surface area contributed by atoms with E-state index < -0.39 is 11.5 Å². The monoisotopic (exact) mass is 230 g/mol. The summed E-state index contributed by atoms with van der Waals surface area (Å²) in [6, 6.07) is 0. The van der Waals surface area contributed by atoms with E-state index in [0.717, 1.165) is 19.5 Å². The van der Waals surface area contributed by atoms with Gasteiger partial charge in [-0.2, -0.15) is 0 Å². The molecular weight excluding hydrogens is 208 g/mol. The standard InChI is InChI=1S/C11H22N2O3/c1-13-7-3-4-11(5-8-13,10(14)15)12-6-9-16-2/h12H,3-9H2,1-2H3,(H,14,15). The van der Waals surface area contributed by atoms with Gasteiger partial charge in [0.05, 0.1) is 6.61 Å². The van der Waals surface area contributed by atoms with Crippen LogP contribution < -0.4 is 5.32 Å². The van der Waals surface area contributed by atoms with Crippen LogP contribution >= 0.6 is 0 Å². The molecule has 5 nitrogen and oxygen atoms in total. The van der Waals surface area contributed by atoms with Gasteiger partial charge in [0.15, 0.2) is 0 Å². The predicted octanol–water partition coefficient (Wildman–Crippen LogP) is 0.162. The van der Waals surface area contributed by atoms with Crippen LogP contribution in [0, 0.1) is 0 Å². The van der Waals surface area contributed by atoms with Gasteiger partial charge in [-0.25, -0.2) is 0 Å². The van der Waals surface area contributed by atoms with Crippen LogP contribution in [0.15, 0.2) is 0 Å². The highest BCUT2D eigenvalue weighted by molar-refractivity contribution is 5.78. The summed E-state index contributed by atoms with van der Waals surface area (Å²) in [6.45, 7) is 2.94. The molecule has 1 heterocycles. The van der Waals surface area contributed by atoms with E-state index >= 15 is 0 Å². The summed E-state index contributed by atoms with van der Waals surface area (Å²) in [5, 5.41) is 12.5. The second kappa shape index (κ2) is 6.18. The molecule has 1 saturated heterocycles. The highest BCUT2D eigenvalue weighted by atomic mass is 16.5. The topological polar surface area (TPSA) is 61.8 Å². The van der Waals surface area contributed by atoms with Gasteiger partial charge >= 0.3 is 5.97 Å². The van der Waals surface area contributed by atoms with Crippen molar-refractivity contribution in [2.24, 2.45) is 0 Å². The number of carbonyl (C=O) groups is 1. The molecule has 0 aromatic rings. The fourth-order valence-corrected chi connectivity index (χ4v) is 2.13. The molecule has 1 aliphatic heterocycles. The number of aliphatic carboxylic acids is 1. The van der Waals surface area contributed by atoms with Crippen molar-refractivity contribution in [1.82, 2.24) is 10.2 Å². The summed E-state index contributed by atoms with van der Waals surface area (Å²) in [5.74, 6) is -0.737. The van der Waals surface area contributed by atoms with Crippen LogP contribution in [0.5, 0.6) is 0 Å². The summed E-state index contributed by atoms with van der Waals surface area (Å²) in [7, 11) is 3.66. The van der Waals surface area contributed by atoms with Crippen LogP contribution in [0.4, 0.5) is 0 Å². The lowest BCUT2D eigenvalue weighted by atomic mass is 9.90. The minimum Gasteiger partial charge on any atom is -0.480 e. The minimum absolute atomic E-state index is 0.546. The van der Waals surface area contributed by atoms with Gasteiger partial charge in [0.1, 0.15) is 5.54 Å². The summed E-state index contributed by atoms with van der Waals surface area (Å²) in [5.41, 5.74) is -0.761. The summed E-state index contributed by atoms with van der Waals surface area (Å²) in [4.78, 5) is 13.6. The molecule has 94 valence electrons. The molecular formula is C11H22N2O3. The Morgan fingerprint density at radius 1 is 1.50 bits per heavy atom. The van der Waals surface area contributed by atoms with Crippen LogP contribution in [0.25, 0.3) is 0 Å². The lowest BCUT2D eigenvalue weighted by Crippen LogP contribution is -2.53. The molecule has 16 heavy (non-hydrogen) atoms. The van der Waals surface area contributed by atoms with Gasteiger partial charge in [-0.3, -0.25) is 10.1 Å². The van der Waals surface area contributed by atoms with E-state index in [-0.39, 0.29) is 0 Å². The third-order valence-corrected chi connectivity index (χ3v) is 3.24. The largest absolute Gasteiger partial charge is 0.480 e. The average Bonchev–Trinajstić information content (AvgIpc) is 2.42. The Bertz CT molecular complexity index is 235. The SMILES string of the molecule is COCCNC1(C(=O)O)CCCN(C)CC1. The van der Waals surface area contributed by atoms with Crippen LogP contribution in [0.2, 0.25) is 0 Å². The molecule has 0 radical (unpaired) electrons. The third-order valence-electron chi connectivity index (χ3n) is 3.24. The van der Waals surface area contributed by atoms with E-state index in [0.29, 0.717) is 26.0 Å². The smallest absolute Gasteiger partial charge is 0.323 e. The molecule has 0 bridgehead atoms. The Kier molecular flexibility index (Phi) is 5.18. The van der Waals surface area contributed by atoms with Crippen molar-refractivity contribution in [3.05, 3.63) is 0 Å². The van der Waals surface area contributed by atoms with Gasteiger partial charge < -0.3 is 14.7 Å². The summed E-state index contributed by atoms with van der Waals surface area (Å²) in [6.07, 6.45) is 2.27. The van der Waals surface area contributed by atoms with Crippen LogP contribution in [0.1, 0.15) is 19.3 Å². The number of nitrogens with one attached hydrogen (secondary N) is 1. The van der Waals surface area contributed by atoms with Crippen LogP contribution in [-0.4, -0.2) is 61.9 Å². The number of ether oxygens (including phenoxy) is 1. The van der Waals surface area contributed by atoms with Crippen LogP contribution in [-0.2, 0) is 9.53 Å². The van der Waals surface area contributed by atoms with Gasteiger partial charge in [0, 0.05) is 20.2 Å². The van der Waals surface area contributed by atoms with Crippen molar-refractivity contribution in [2.45, 2.75) is 24.8 Å². The minimum atomic E-state index is -0.761. The normalized spacial score (nSPS) is 27.6. The number of rotatable bonds is 5. The first-order valence-electron chi connectivity index (χ1n) is 5.76. The lowest BCUT2D eigenvalue weighted by Gasteiger charge is -2.29. The van der Waals surface area contributed by atoms with Crippen molar-refractivity contribution in [3.8, 4) is 0 Å². The zero-order chi connectivity index (χ0) is 12.0. The number of methoxy groups -OCH3 is 1. The molecule has 1 fully saturated rings. The van der Waals surface area contributed by atoms with Gasteiger partial charge in [0.2, 0.25) is 0 Å². The lowest BCUT2D eigenvalue weighted by molar-refractivity contribution is -0.145. The van der Waals surface area contributed by atoms with E-state index in [9.17, 15) is 9.90 Å². The van der Waals surface area contributed by atoms with Gasteiger partial charge in [-0.1, -0.05) is 0 Å². The number of carboxylic acids is 1. The van der Waals surface area contributed by atoms with Crippen molar-refractivity contribution >= 4 is 5.97 Å². The maximum absolute atomic E-state index is 11.4. The number of likely N-dealkylation sites (tertiary alicyclic amines) is 1. The van der Waals surface area contributed by atoms with Crippen molar-refractivity contribution in [1.29, 1.82) is 0 Å². The van der Waals surface area contributed by atoms with Crippen molar-refractivity contribution in [2.75, 3.05) is 40.4 Å². The summed E-state index contributed by atoms with van der Waals surface area (Å²) >= 11 is 0. The average molecular weight is 230 g/mol. The molecule has 0 aliphatic carbocycles. The Hall–Kier alpha value is -0.650. The quantitative estimate of drug-likeness (QED) is 0.659. The first kappa shape index (κ1) is 13.4. The van der Waals surface area contributed by atoms with E-state index in [1.54, 1.807) is 7.11 Å². The van der Waals surface area contributed by atoms with E-state index in [2.05, 4.69) is 10.2 Å². The van der Waals surface area contributed by atoms with E-state index in [1.165, 1.54) is 0 Å². The highest BCUT2D eigenvalue weighted by Crippen LogP contribution is 2.22. The zero-order valence-corrected chi connectivity index (χ0v) is 10.2. The molecule has 2 N–H and O–H groups in total. The number of hydrogen-bond donors (Lipinski definition) is 2. The van der Waals surface area contributed by atoms with E-state index in [4.69, 9.17) is 4.74 Å². The molecule has 0 spiro atoms. The Morgan fingerprint density at radius 2 is 2.25 bits per heavy atom. The maximum Gasteiger partial charge on any atom is 0.323 e. The van der Waals surface area contributed by atoms with E-state index in [1.807, 2.05) is 7.05 Å². The van der Waals surface area contributed by atoms with Gasteiger partial charge in [-0.05, 0) is 32.9 Å². The molecule has 1 aliphatic rings. The second-order valence-corrected chi connectivity index (χ2v) is 4.46. The molecule has 0 aromatic heterocycles. The first-order chi connectivity index (χ1) is 7.60. The highest BCUT2D eigenvalue weighted by Gasteiger charge is 2.38. The predicted molar refractivity (Wildman–Crippen MR) is 61.6 cm³/mol. The molecule has 0 saturated carbocycles. The molecule has 1 atom stereocenters. The third kappa shape index (κ3) is 3.43. The molecule has 0 aromatic carbocycles. The molecule has 5 heteroatoms. The number of nitrogens with zero attached hydrogens (tertiary/aromatic N) is 1.